The number of piperazine rings is 1. The summed E-state index contributed by atoms with van der Waals surface area (Å²) in [6.45, 7) is 10.0. The van der Waals surface area contributed by atoms with Crippen LogP contribution < -0.4 is 4.72 Å². The molecule has 0 saturated carbocycles. The van der Waals surface area contributed by atoms with Crippen LogP contribution in [0, 0.1) is 18.7 Å². The molecule has 7 heteroatoms. The Kier molecular flexibility index (Phi) is 6.36. The van der Waals surface area contributed by atoms with Gasteiger partial charge in [-0.3, -0.25) is 4.90 Å². The van der Waals surface area contributed by atoms with Gasteiger partial charge in [0.15, 0.2) is 0 Å². The Bertz CT molecular complexity index is 636. The number of nitrogens with one attached hydrogen (secondary N) is 1. The lowest BCUT2D eigenvalue weighted by Gasteiger charge is -2.39. The molecule has 2 rings (SSSR count). The zero-order valence-corrected chi connectivity index (χ0v) is 15.7. The van der Waals surface area contributed by atoms with E-state index in [1.807, 2.05) is 0 Å². The van der Waals surface area contributed by atoms with Crippen LogP contribution in [0.15, 0.2) is 23.1 Å². The molecule has 1 atom stereocenters. The van der Waals surface area contributed by atoms with Crippen LogP contribution in [-0.4, -0.2) is 64.0 Å². The normalized spacial score (nSPS) is 18.9. The molecular weight excluding hydrogens is 329 g/mol. The predicted molar refractivity (Wildman–Crippen MR) is 94.0 cm³/mol. The summed E-state index contributed by atoms with van der Waals surface area (Å²) in [5.74, 6) is -0.208. The number of hydrogen-bond donors (Lipinski definition) is 1. The Hall–Kier alpha value is -1.02. The Labute approximate surface area is 144 Å². The Morgan fingerprint density at radius 2 is 1.79 bits per heavy atom. The van der Waals surface area contributed by atoms with Gasteiger partial charge in [-0.05, 0) is 43.7 Å². The maximum atomic E-state index is 13.5. The van der Waals surface area contributed by atoms with Crippen molar-refractivity contribution in [2.24, 2.45) is 5.92 Å². The maximum Gasteiger partial charge on any atom is 0.240 e. The van der Waals surface area contributed by atoms with Crippen LogP contribution in [0.1, 0.15) is 19.4 Å². The number of hydrogen-bond acceptors (Lipinski definition) is 4. The van der Waals surface area contributed by atoms with Crippen molar-refractivity contribution in [2.75, 3.05) is 39.8 Å². The molecule has 1 aliphatic rings. The van der Waals surface area contributed by atoms with Crippen molar-refractivity contribution in [3.05, 3.63) is 29.6 Å². The monoisotopic (exact) mass is 357 g/mol. The molecule has 0 aromatic heterocycles. The van der Waals surface area contributed by atoms with Crippen LogP contribution in [0.25, 0.3) is 0 Å². The Balaban J connectivity index is 2.07. The number of nitrogens with zero attached hydrogens (tertiary/aromatic N) is 2. The fourth-order valence-corrected chi connectivity index (χ4v) is 4.24. The molecule has 1 heterocycles. The fraction of sp³-hybridized carbons (Fsp3) is 0.647. The van der Waals surface area contributed by atoms with E-state index in [-0.39, 0.29) is 10.9 Å². The van der Waals surface area contributed by atoms with E-state index in [1.54, 1.807) is 6.92 Å². The molecule has 1 unspecified atom stereocenters. The van der Waals surface area contributed by atoms with E-state index in [0.29, 0.717) is 18.0 Å². The number of sulfonamides is 1. The second kappa shape index (κ2) is 7.91. The number of likely N-dealkylation sites (N-methyl/N-ethyl adjacent to an activating group) is 1. The summed E-state index contributed by atoms with van der Waals surface area (Å²) < 4.78 is 41.2. The molecule has 0 bridgehead atoms. The molecule has 1 saturated heterocycles. The van der Waals surface area contributed by atoms with Crippen molar-refractivity contribution in [1.82, 2.24) is 14.5 Å². The van der Waals surface area contributed by atoms with Crippen molar-refractivity contribution in [3.8, 4) is 0 Å². The van der Waals surface area contributed by atoms with Gasteiger partial charge in [-0.2, -0.15) is 0 Å². The molecule has 0 spiro atoms. The Morgan fingerprint density at radius 3 is 2.33 bits per heavy atom. The first-order chi connectivity index (χ1) is 11.2. The van der Waals surface area contributed by atoms with Gasteiger partial charge < -0.3 is 4.90 Å². The summed E-state index contributed by atoms with van der Waals surface area (Å²) in [4.78, 5) is 4.60. The summed E-state index contributed by atoms with van der Waals surface area (Å²) in [5.41, 5.74) is 0.592. The zero-order chi connectivity index (χ0) is 17.9. The van der Waals surface area contributed by atoms with Gasteiger partial charge in [0.05, 0.1) is 4.90 Å². The summed E-state index contributed by atoms with van der Waals surface area (Å²) >= 11 is 0. The van der Waals surface area contributed by atoms with Gasteiger partial charge in [-0.25, -0.2) is 17.5 Å². The van der Waals surface area contributed by atoms with Crippen LogP contribution in [0.2, 0.25) is 0 Å². The molecule has 0 amide bonds. The quantitative estimate of drug-likeness (QED) is 0.842. The van der Waals surface area contributed by atoms with Gasteiger partial charge >= 0.3 is 0 Å². The summed E-state index contributed by atoms with van der Waals surface area (Å²) in [6.07, 6.45) is 0. The molecule has 24 heavy (non-hydrogen) atoms. The molecule has 1 aliphatic heterocycles. The van der Waals surface area contributed by atoms with Crippen molar-refractivity contribution in [3.63, 3.8) is 0 Å². The van der Waals surface area contributed by atoms with Crippen molar-refractivity contribution < 1.29 is 12.8 Å². The molecule has 1 aromatic carbocycles. The first-order valence-electron chi connectivity index (χ1n) is 8.38. The van der Waals surface area contributed by atoms with Crippen molar-refractivity contribution >= 4 is 10.0 Å². The van der Waals surface area contributed by atoms with Crippen LogP contribution in [0.3, 0.4) is 0 Å². The third-order valence-electron chi connectivity index (χ3n) is 4.58. The highest BCUT2D eigenvalue weighted by atomic mass is 32.2. The molecule has 5 nitrogen and oxygen atoms in total. The second-order valence-electron chi connectivity index (χ2n) is 6.97. The van der Waals surface area contributed by atoms with E-state index in [4.69, 9.17) is 0 Å². The maximum absolute atomic E-state index is 13.5. The lowest BCUT2D eigenvalue weighted by Crippen LogP contribution is -2.54. The largest absolute Gasteiger partial charge is 0.304 e. The first kappa shape index (κ1) is 19.3. The standard InChI is InChI=1S/C17H28FN3O2S/c1-13(2)17(21-7-5-20(4)6-8-21)12-19-24(22,23)16-10-14(3)9-15(18)11-16/h9-11,13,17,19H,5-8,12H2,1-4H3. The number of benzene rings is 1. The Morgan fingerprint density at radius 1 is 1.17 bits per heavy atom. The summed E-state index contributed by atoms with van der Waals surface area (Å²) in [6, 6.07) is 4.00. The van der Waals surface area contributed by atoms with Gasteiger partial charge in [0.1, 0.15) is 5.82 Å². The van der Waals surface area contributed by atoms with Gasteiger partial charge in [0.25, 0.3) is 0 Å². The summed E-state index contributed by atoms with van der Waals surface area (Å²) in [5, 5.41) is 0. The first-order valence-corrected chi connectivity index (χ1v) is 9.87. The average molecular weight is 357 g/mol. The average Bonchev–Trinajstić information content (AvgIpc) is 2.48. The van der Waals surface area contributed by atoms with E-state index in [0.717, 1.165) is 32.2 Å². The molecule has 1 fully saturated rings. The van der Waals surface area contributed by atoms with Gasteiger partial charge in [0, 0.05) is 38.8 Å². The highest BCUT2D eigenvalue weighted by Crippen LogP contribution is 2.16. The minimum Gasteiger partial charge on any atom is -0.304 e. The van der Waals surface area contributed by atoms with Crippen LogP contribution >= 0.6 is 0 Å². The lowest BCUT2D eigenvalue weighted by molar-refractivity contribution is 0.0905. The van der Waals surface area contributed by atoms with Gasteiger partial charge in [0.2, 0.25) is 10.0 Å². The van der Waals surface area contributed by atoms with Crippen LogP contribution in [0.4, 0.5) is 4.39 Å². The highest BCUT2D eigenvalue weighted by molar-refractivity contribution is 7.89. The van der Waals surface area contributed by atoms with E-state index in [1.165, 1.54) is 12.1 Å². The van der Waals surface area contributed by atoms with Gasteiger partial charge in [-0.1, -0.05) is 13.8 Å². The smallest absolute Gasteiger partial charge is 0.240 e. The number of rotatable bonds is 6. The summed E-state index contributed by atoms with van der Waals surface area (Å²) in [7, 11) is -1.62. The molecule has 136 valence electrons. The number of aryl methyl sites for hydroxylation is 1. The predicted octanol–water partition coefficient (Wildman–Crippen LogP) is 1.68. The third-order valence-corrected chi connectivity index (χ3v) is 5.99. The van der Waals surface area contributed by atoms with Crippen molar-refractivity contribution in [1.29, 1.82) is 0 Å². The number of halogens is 1. The molecule has 1 N–H and O–H groups in total. The zero-order valence-electron chi connectivity index (χ0n) is 14.9. The fourth-order valence-electron chi connectivity index (χ4n) is 3.08. The molecule has 0 radical (unpaired) electrons. The van der Waals surface area contributed by atoms with E-state index in [9.17, 15) is 12.8 Å². The second-order valence-corrected chi connectivity index (χ2v) is 8.73. The molecule has 1 aromatic rings. The van der Waals surface area contributed by atoms with Crippen LogP contribution in [0.5, 0.6) is 0 Å². The van der Waals surface area contributed by atoms with Gasteiger partial charge in [-0.15, -0.1) is 0 Å². The van der Waals surface area contributed by atoms with E-state index < -0.39 is 15.8 Å². The van der Waals surface area contributed by atoms with Crippen molar-refractivity contribution in [2.45, 2.75) is 31.7 Å². The highest BCUT2D eigenvalue weighted by Gasteiger charge is 2.27. The molecule has 0 aliphatic carbocycles. The minimum absolute atomic E-state index is 0.0131. The minimum atomic E-state index is -3.71. The molecular formula is C17H28FN3O2S. The van der Waals surface area contributed by atoms with Crippen LogP contribution in [-0.2, 0) is 10.0 Å². The van der Waals surface area contributed by atoms with E-state index in [2.05, 4.69) is 35.4 Å². The van der Waals surface area contributed by atoms with E-state index >= 15 is 0 Å². The third kappa shape index (κ3) is 4.99. The lowest BCUT2D eigenvalue weighted by atomic mass is 10.0. The topological polar surface area (TPSA) is 52.7 Å². The SMILES string of the molecule is Cc1cc(F)cc(S(=O)(=O)NCC(C(C)C)N2CCN(C)CC2)c1.